The van der Waals surface area contributed by atoms with Gasteiger partial charge in [-0.05, 0) is 32.4 Å². The Morgan fingerprint density at radius 3 is 2.53 bits per heavy atom. The van der Waals surface area contributed by atoms with E-state index in [0.717, 1.165) is 43.1 Å². The highest BCUT2D eigenvalue weighted by molar-refractivity contribution is 5.79. The van der Waals surface area contributed by atoms with E-state index >= 15 is 0 Å². The van der Waals surface area contributed by atoms with Crippen molar-refractivity contribution in [1.29, 1.82) is 0 Å². The Morgan fingerprint density at radius 1 is 1.32 bits per heavy atom. The van der Waals surface area contributed by atoms with Crippen LogP contribution in [0, 0.1) is 6.92 Å². The first-order valence-corrected chi connectivity index (χ1v) is 6.75. The van der Waals surface area contributed by atoms with Gasteiger partial charge in [-0.15, -0.1) is 0 Å². The molecule has 0 atom stereocenters. The molecule has 0 spiro atoms. The largest absolute Gasteiger partial charge is 0.411 e. The Hall–Kier alpha value is -1.62. The third-order valence-corrected chi connectivity index (χ3v) is 3.62. The fraction of sp³-hybridized carbons (Fsp3) is 0.571. The maximum Gasteiger partial charge on any atom is 0.131 e. The van der Waals surface area contributed by atoms with Gasteiger partial charge in [0.2, 0.25) is 0 Å². The van der Waals surface area contributed by atoms with Crippen molar-refractivity contribution in [3.63, 3.8) is 0 Å². The molecule has 2 rings (SSSR count). The molecule has 2 heterocycles. The van der Waals surface area contributed by atoms with E-state index in [1.807, 2.05) is 13.0 Å². The summed E-state index contributed by atoms with van der Waals surface area (Å²) < 4.78 is 0. The molecule has 1 N–H and O–H groups in total. The van der Waals surface area contributed by atoms with Crippen LogP contribution in [0.25, 0.3) is 0 Å². The van der Waals surface area contributed by atoms with Crippen LogP contribution in [0.3, 0.4) is 0 Å². The maximum atomic E-state index is 8.54. The van der Waals surface area contributed by atoms with Gasteiger partial charge in [0.15, 0.2) is 0 Å². The van der Waals surface area contributed by atoms with Crippen molar-refractivity contribution in [2.75, 3.05) is 31.1 Å². The smallest absolute Gasteiger partial charge is 0.131 e. The lowest BCUT2D eigenvalue weighted by Crippen LogP contribution is -2.49. The molecule has 0 aliphatic carbocycles. The van der Waals surface area contributed by atoms with E-state index in [-0.39, 0.29) is 0 Å². The molecule has 0 amide bonds. The van der Waals surface area contributed by atoms with Gasteiger partial charge in [-0.1, -0.05) is 5.16 Å². The number of nitrogens with zero attached hydrogens (tertiary/aromatic N) is 4. The molecule has 5 heteroatoms. The average Bonchev–Trinajstić information content (AvgIpc) is 2.39. The van der Waals surface area contributed by atoms with Gasteiger partial charge in [-0.2, -0.15) is 0 Å². The molecule has 104 valence electrons. The minimum atomic E-state index is 0.611. The molecule has 0 bridgehead atoms. The first-order chi connectivity index (χ1) is 9.11. The molecule has 1 aromatic heterocycles. The van der Waals surface area contributed by atoms with Crippen LogP contribution in [0.4, 0.5) is 5.82 Å². The van der Waals surface area contributed by atoms with E-state index in [4.69, 9.17) is 5.21 Å². The van der Waals surface area contributed by atoms with Crippen LogP contribution in [0.5, 0.6) is 0 Å². The highest BCUT2D eigenvalue weighted by Gasteiger charge is 2.20. The van der Waals surface area contributed by atoms with Crippen LogP contribution >= 0.6 is 0 Å². The number of aromatic nitrogens is 1. The summed E-state index contributed by atoms with van der Waals surface area (Å²) in [4.78, 5) is 9.31. The zero-order valence-electron chi connectivity index (χ0n) is 11.9. The summed E-state index contributed by atoms with van der Waals surface area (Å²) in [6.07, 6.45) is 3.15. The van der Waals surface area contributed by atoms with Gasteiger partial charge in [0.05, 0.1) is 6.21 Å². The van der Waals surface area contributed by atoms with Crippen LogP contribution < -0.4 is 4.90 Å². The summed E-state index contributed by atoms with van der Waals surface area (Å²) in [6.45, 7) is 10.7. The third-order valence-electron chi connectivity index (χ3n) is 3.62. The van der Waals surface area contributed by atoms with Crippen molar-refractivity contribution in [1.82, 2.24) is 9.88 Å². The number of oxime groups is 1. The topological polar surface area (TPSA) is 52.0 Å². The van der Waals surface area contributed by atoms with Crippen LogP contribution in [0.1, 0.15) is 25.0 Å². The van der Waals surface area contributed by atoms with Crippen LogP contribution in [-0.4, -0.2) is 53.5 Å². The normalized spacial score (nSPS) is 17.6. The highest BCUT2D eigenvalue weighted by atomic mass is 16.4. The van der Waals surface area contributed by atoms with Crippen molar-refractivity contribution < 1.29 is 5.21 Å². The number of rotatable bonds is 3. The molecule has 19 heavy (non-hydrogen) atoms. The Kier molecular flexibility index (Phi) is 4.37. The second-order valence-corrected chi connectivity index (χ2v) is 5.27. The van der Waals surface area contributed by atoms with Gasteiger partial charge in [-0.25, -0.2) is 4.98 Å². The fourth-order valence-corrected chi connectivity index (χ4v) is 2.51. The first kappa shape index (κ1) is 13.8. The Morgan fingerprint density at radius 2 is 2.00 bits per heavy atom. The number of hydrogen-bond acceptors (Lipinski definition) is 5. The van der Waals surface area contributed by atoms with Crippen molar-refractivity contribution in [3.8, 4) is 0 Å². The second-order valence-electron chi connectivity index (χ2n) is 5.27. The minimum Gasteiger partial charge on any atom is -0.411 e. The molecule has 1 aliphatic rings. The summed E-state index contributed by atoms with van der Waals surface area (Å²) in [6, 6.07) is 2.61. The third kappa shape index (κ3) is 3.23. The molecule has 1 aliphatic heterocycles. The monoisotopic (exact) mass is 262 g/mol. The molecule has 0 aromatic carbocycles. The maximum absolute atomic E-state index is 8.54. The summed E-state index contributed by atoms with van der Waals surface area (Å²) >= 11 is 0. The molecule has 1 aromatic rings. The van der Waals surface area contributed by atoms with Gasteiger partial charge in [0.25, 0.3) is 0 Å². The average molecular weight is 262 g/mol. The number of piperazine rings is 1. The molecule has 5 nitrogen and oxygen atoms in total. The second kappa shape index (κ2) is 6.02. The van der Waals surface area contributed by atoms with Crippen molar-refractivity contribution >= 4 is 12.0 Å². The lowest BCUT2D eigenvalue weighted by molar-refractivity contribution is 0.209. The molecular weight excluding hydrogens is 240 g/mol. The minimum absolute atomic E-state index is 0.611. The summed E-state index contributed by atoms with van der Waals surface area (Å²) in [5.74, 6) is 1.04. The number of hydrogen-bond donors (Lipinski definition) is 1. The Bertz CT molecular complexity index is 451. The highest BCUT2D eigenvalue weighted by Crippen LogP contribution is 2.19. The summed E-state index contributed by atoms with van der Waals surface area (Å²) in [7, 11) is 0. The SMILES string of the molecule is Cc1cc(/C=N\O)cnc1N1CCN(C(C)C)CC1. The van der Waals surface area contributed by atoms with E-state index in [2.05, 4.69) is 33.8 Å². The number of pyridine rings is 1. The lowest BCUT2D eigenvalue weighted by Gasteiger charge is -2.38. The molecule has 0 radical (unpaired) electrons. The van der Waals surface area contributed by atoms with Gasteiger partial charge >= 0.3 is 0 Å². The summed E-state index contributed by atoms with van der Waals surface area (Å²) in [5, 5.41) is 11.6. The predicted octanol–water partition coefficient (Wildman–Crippen LogP) is 1.73. The van der Waals surface area contributed by atoms with E-state index in [0.29, 0.717) is 6.04 Å². The van der Waals surface area contributed by atoms with E-state index in [1.165, 1.54) is 6.21 Å². The zero-order valence-corrected chi connectivity index (χ0v) is 11.9. The van der Waals surface area contributed by atoms with Crippen LogP contribution in [-0.2, 0) is 0 Å². The lowest BCUT2D eigenvalue weighted by atomic mass is 10.2. The number of aryl methyl sites for hydroxylation is 1. The quantitative estimate of drug-likeness (QED) is 0.512. The molecular formula is C14H22N4O. The number of anilines is 1. The molecule has 1 saturated heterocycles. The van der Waals surface area contributed by atoms with Gasteiger partial charge in [0, 0.05) is 44.0 Å². The Balaban J connectivity index is 2.07. The standard InChI is InChI=1S/C14H22N4O/c1-11(2)17-4-6-18(7-5-17)14-12(3)8-13(9-15-14)10-16-19/h8-11,19H,4-7H2,1-3H3/b16-10-. The van der Waals surface area contributed by atoms with E-state index in [1.54, 1.807) is 6.20 Å². The van der Waals surface area contributed by atoms with Gasteiger partial charge < -0.3 is 10.1 Å². The predicted molar refractivity (Wildman–Crippen MR) is 77.3 cm³/mol. The molecule has 0 saturated carbocycles. The van der Waals surface area contributed by atoms with Crippen molar-refractivity contribution in [2.24, 2.45) is 5.16 Å². The van der Waals surface area contributed by atoms with Gasteiger partial charge in [0.1, 0.15) is 5.82 Å². The zero-order chi connectivity index (χ0) is 13.8. The van der Waals surface area contributed by atoms with Crippen molar-refractivity contribution in [3.05, 3.63) is 23.4 Å². The fourth-order valence-electron chi connectivity index (χ4n) is 2.51. The first-order valence-electron chi connectivity index (χ1n) is 6.75. The van der Waals surface area contributed by atoms with Crippen molar-refractivity contribution in [2.45, 2.75) is 26.8 Å². The van der Waals surface area contributed by atoms with Gasteiger partial charge in [-0.3, -0.25) is 4.90 Å². The van der Waals surface area contributed by atoms with Crippen LogP contribution in [0.15, 0.2) is 17.4 Å². The molecule has 0 unspecified atom stereocenters. The van der Waals surface area contributed by atoms with E-state index < -0.39 is 0 Å². The van der Waals surface area contributed by atoms with E-state index in [9.17, 15) is 0 Å². The Labute approximate surface area is 114 Å². The van der Waals surface area contributed by atoms with Crippen LogP contribution in [0.2, 0.25) is 0 Å². The molecule has 1 fully saturated rings. The summed E-state index contributed by atoms with van der Waals surface area (Å²) in [5.41, 5.74) is 1.94.